The van der Waals surface area contributed by atoms with E-state index >= 15 is 0 Å². The van der Waals surface area contributed by atoms with Crippen LogP contribution in [0.25, 0.3) is 0 Å². The molecule has 1 aliphatic heterocycles. The molecule has 0 radical (unpaired) electrons. The minimum atomic E-state index is -3.20. The van der Waals surface area contributed by atoms with E-state index in [1.54, 1.807) is 7.11 Å². The van der Waals surface area contributed by atoms with Crippen molar-refractivity contribution < 1.29 is 17.9 Å². The summed E-state index contributed by atoms with van der Waals surface area (Å²) < 4.78 is 30.1. The number of benzene rings is 1. The predicted octanol–water partition coefficient (Wildman–Crippen LogP) is 1.23. The van der Waals surface area contributed by atoms with Crippen molar-refractivity contribution in [2.45, 2.75) is 19.4 Å². The summed E-state index contributed by atoms with van der Waals surface area (Å²) in [6.07, 6.45) is 2.96. The van der Waals surface area contributed by atoms with Crippen LogP contribution in [0.3, 0.4) is 0 Å². The molecule has 2 rings (SSSR count). The van der Waals surface area contributed by atoms with Crippen LogP contribution >= 0.6 is 0 Å². The van der Waals surface area contributed by atoms with Crippen LogP contribution in [0.15, 0.2) is 24.3 Å². The number of rotatable bonds is 6. The van der Waals surface area contributed by atoms with Crippen molar-refractivity contribution in [3.05, 3.63) is 35.4 Å². The summed E-state index contributed by atoms with van der Waals surface area (Å²) in [7, 11) is -1.59. The van der Waals surface area contributed by atoms with Gasteiger partial charge in [-0.2, -0.15) is 0 Å². The van der Waals surface area contributed by atoms with Crippen LogP contribution in [0.2, 0.25) is 0 Å². The van der Waals surface area contributed by atoms with Crippen molar-refractivity contribution in [2.75, 3.05) is 33.0 Å². The van der Waals surface area contributed by atoms with Crippen molar-refractivity contribution in [1.29, 1.82) is 0 Å². The van der Waals surface area contributed by atoms with E-state index in [4.69, 9.17) is 4.74 Å². The minimum Gasteiger partial charge on any atom is -0.380 e. The third-order valence-corrected chi connectivity index (χ3v) is 4.68. The number of nitrogens with one attached hydrogen (secondary N) is 1. The van der Waals surface area contributed by atoms with Crippen molar-refractivity contribution in [3.63, 3.8) is 0 Å². The van der Waals surface area contributed by atoms with Crippen LogP contribution in [-0.2, 0) is 21.4 Å². The Morgan fingerprint density at radius 3 is 2.83 bits per heavy atom. The van der Waals surface area contributed by atoms with Crippen molar-refractivity contribution in [1.82, 2.24) is 9.62 Å². The highest BCUT2D eigenvalue weighted by Crippen LogP contribution is 2.20. The highest BCUT2D eigenvalue weighted by Gasteiger charge is 2.26. The molecule has 1 fully saturated rings. The smallest absolute Gasteiger partial charge is 0.254 e. The Balaban J connectivity index is 2.05. The average Bonchev–Trinajstić information content (AvgIpc) is 2.53. The molecule has 0 aliphatic carbocycles. The minimum absolute atomic E-state index is 0.0123. The highest BCUT2D eigenvalue weighted by molar-refractivity contribution is 7.88. The second-order valence-corrected chi connectivity index (χ2v) is 7.80. The van der Waals surface area contributed by atoms with E-state index in [-0.39, 0.29) is 11.8 Å². The third kappa shape index (κ3) is 5.30. The lowest BCUT2D eigenvalue weighted by atomic mass is 9.97. The molecule has 23 heavy (non-hydrogen) atoms. The van der Waals surface area contributed by atoms with Gasteiger partial charge in [-0.3, -0.25) is 4.79 Å². The average molecular weight is 340 g/mol. The van der Waals surface area contributed by atoms with Crippen LogP contribution in [0.5, 0.6) is 0 Å². The molecule has 1 aliphatic rings. The summed E-state index contributed by atoms with van der Waals surface area (Å²) in [6, 6.07) is 7.44. The van der Waals surface area contributed by atoms with Gasteiger partial charge in [-0.15, -0.1) is 0 Å². The maximum Gasteiger partial charge on any atom is 0.254 e. The Bertz CT molecular complexity index is 645. The Kier molecular flexibility index (Phi) is 6.15. The standard InChI is InChI=1S/C16H24N2O4S/c1-22-12-14-7-3-4-8-15(14)16(19)18-9-5-6-13(11-18)10-17-23(2,20)21/h3-4,7-8,13,17H,5-6,9-12H2,1-2H3/t13-/m1/s1. The van der Waals surface area contributed by atoms with Gasteiger partial charge >= 0.3 is 0 Å². The van der Waals surface area contributed by atoms with E-state index in [0.717, 1.165) is 24.7 Å². The van der Waals surface area contributed by atoms with Gasteiger partial charge in [0.1, 0.15) is 0 Å². The molecule has 128 valence electrons. The van der Waals surface area contributed by atoms with Crippen LogP contribution in [0.4, 0.5) is 0 Å². The topological polar surface area (TPSA) is 75.7 Å². The summed E-state index contributed by atoms with van der Waals surface area (Å²) in [6.45, 7) is 2.05. The fraction of sp³-hybridized carbons (Fsp3) is 0.562. The first-order valence-electron chi connectivity index (χ1n) is 7.71. The van der Waals surface area contributed by atoms with Crippen LogP contribution in [-0.4, -0.2) is 52.2 Å². The summed E-state index contributed by atoms with van der Waals surface area (Å²) in [5.74, 6) is 0.138. The number of piperidine rings is 1. The normalized spacial score (nSPS) is 18.9. The lowest BCUT2D eigenvalue weighted by molar-refractivity contribution is 0.0672. The Labute approximate surface area is 137 Å². The van der Waals surface area contributed by atoms with Gasteiger partial charge in [-0.1, -0.05) is 18.2 Å². The second kappa shape index (κ2) is 7.90. The molecule has 0 saturated carbocycles. The lowest BCUT2D eigenvalue weighted by Crippen LogP contribution is -2.43. The maximum absolute atomic E-state index is 12.8. The van der Waals surface area contributed by atoms with Gasteiger partial charge in [0, 0.05) is 32.3 Å². The van der Waals surface area contributed by atoms with Crippen LogP contribution in [0, 0.1) is 5.92 Å². The zero-order valence-corrected chi connectivity index (χ0v) is 14.4. The summed E-state index contributed by atoms with van der Waals surface area (Å²) in [5, 5.41) is 0. The van der Waals surface area contributed by atoms with Gasteiger partial charge in [-0.05, 0) is 30.4 Å². The highest BCUT2D eigenvalue weighted by atomic mass is 32.2. The summed E-state index contributed by atoms with van der Waals surface area (Å²) in [4.78, 5) is 14.6. The molecule has 7 heteroatoms. The number of hydrogen-bond donors (Lipinski definition) is 1. The van der Waals surface area contributed by atoms with Gasteiger partial charge in [0.25, 0.3) is 5.91 Å². The quantitative estimate of drug-likeness (QED) is 0.845. The monoisotopic (exact) mass is 340 g/mol. The number of sulfonamides is 1. The van der Waals surface area contributed by atoms with E-state index < -0.39 is 10.0 Å². The van der Waals surface area contributed by atoms with E-state index in [1.807, 2.05) is 29.2 Å². The number of methoxy groups -OCH3 is 1. The van der Waals surface area contributed by atoms with Crippen molar-refractivity contribution in [3.8, 4) is 0 Å². The number of carbonyl (C=O) groups excluding carboxylic acids is 1. The third-order valence-electron chi connectivity index (χ3n) is 3.99. The molecule has 1 amide bonds. The zero-order valence-electron chi connectivity index (χ0n) is 13.6. The summed E-state index contributed by atoms with van der Waals surface area (Å²) in [5.41, 5.74) is 1.53. The second-order valence-electron chi connectivity index (χ2n) is 5.97. The molecule has 1 aromatic carbocycles. The van der Waals surface area contributed by atoms with E-state index in [0.29, 0.717) is 31.8 Å². The molecular formula is C16H24N2O4S. The fourth-order valence-corrected chi connectivity index (χ4v) is 3.40. The SMILES string of the molecule is COCc1ccccc1C(=O)N1CCC[C@H](CNS(C)(=O)=O)C1. The first kappa shape index (κ1) is 17.9. The number of hydrogen-bond acceptors (Lipinski definition) is 4. The number of carbonyl (C=O) groups is 1. The van der Waals surface area contributed by atoms with Gasteiger partial charge in [0.05, 0.1) is 12.9 Å². The van der Waals surface area contributed by atoms with Crippen LogP contribution in [0.1, 0.15) is 28.8 Å². The first-order chi connectivity index (χ1) is 10.9. The van der Waals surface area contributed by atoms with Gasteiger partial charge in [0.15, 0.2) is 0 Å². The molecule has 1 aromatic rings. The largest absolute Gasteiger partial charge is 0.380 e. The van der Waals surface area contributed by atoms with Gasteiger partial charge < -0.3 is 9.64 Å². The molecule has 1 N–H and O–H groups in total. The van der Waals surface area contributed by atoms with Crippen LogP contribution < -0.4 is 4.72 Å². The van der Waals surface area contributed by atoms with E-state index in [2.05, 4.69) is 4.72 Å². The van der Waals surface area contributed by atoms with Crippen molar-refractivity contribution in [2.24, 2.45) is 5.92 Å². The zero-order chi connectivity index (χ0) is 16.9. The molecule has 1 atom stereocenters. The molecule has 1 heterocycles. The number of nitrogens with zero attached hydrogens (tertiary/aromatic N) is 1. The molecular weight excluding hydrogens is 316 g/mol. The van der Waals surface area contributed by atoms with E-state index in [1.165, 1.54) is 0 Å². The Morgan fingerprint density at radius 1 is 1.39 bits per heavy atom. The van der Waals surface area contributed by atoms with Gasteiger partial charge in [-0.25, -0.2) is 13.1 Å². The number of amides is 1. The summed E-state index contributed by atoms with van der Waals surface area (Å²) >= 11 is 0. The molecule has 1 saturated heterocycles. The Hall–Kier alpha value is -1.44. The molecule has 0 unspecified atom stereocenters. The number of likely N-dealkylation sites (tertiary alicyclic amines) is 1. The van der Waals surface area contributed by atoms with E-state index in [9.17, 15) is 13.2 Å². The maximum atomic E-state index is 12.8. The Morgan fingerprint density at radius 2 is 2.13 bits per heavy atom. The molecule has 0 bridgehead atoms. The molecule has 0 spiro atoms. The number of ether oxygens (including phenoxy) is 1. The lowest BCUT2D eigenvalue weighted by Gasteiger charge is -2.33. The van der Waals surface area contributed by atoms with Crippen molar-refractivity contribution >= 4 is 15.9 Å². The first-order valence-corrected chi connectivity index (χ1v) is 9.60. The molecule has 0 aromatic heterocycles. The fourth-order valence-electron chi connectivity index (χ4n) is 2.87. The predicted molar refractivity (Wildman–Crippen MR) is 88.6 cm³/mol. The molecule has 6 nitrogen and oxygen atoms in total. The van der Waals surface area contributed by atoms with Gasteiger partial charge in [0.2, 0.25) is 10.0 Å².